The first-order valence-corrected chi connectivity index (χ1v) is 26.6. The van der Waals surface area contributed by atoms with Crippen molar-refractivity contribution in [2.24, 2.45) is 23.1 Å². The van der Waals surface area contributed by atoms with E-state index in [1.807, 2.05) is 60.7 Å². The summed E-state index contributed by atoms with van der Waals surface area (Å²) in [4.78, 5) is 113. The van der Waals surface area contributed by atoms with Crippen LogP contribution in [0.2, 0.25) is 0 Å². The maximum absolute atomic E-state index is 14.8. The molecule has 21 nitrogen and oxygen atoms in total. The van der Waals surface area contributed by atoms with Gasteiger partial charge in [0, 0.05) is 41.4 Å². The van der Waals surface area contributed by atoms with Crippen LogP contribution >= 0.6 is 25.3 Å². The number of H-pyrrole nitrogens is 1. The molecule has 16 N–H and O–H groups in total. The summed E-state index contributed by atoms with van der Waals surface area (Å²) in [6, 6.07) is 16.2. The van der Waals surface area contributed by atoms with Crippen LogP contribution in [0.5, 0.6) is 5.75 Å². The number of phenols is 1. The molecule has 9 atom stereocenters. The molecule has 0 radical (unpaired) electrons. The Hall–Kier alpha value is -7.18. The molecule has 5 aromatic rings. The van der Waals surface area contributed by atoms with E-state index in [2.05, 4.69) is 67.5 Å². The number of rotatable bonds is 29. The van der Waals surface area contributed by atoms with Gasteiger partial charge in [-0.2, -0.15) is 25.3 Å². The number of aromatic nitrogens is 1. The Kier molecular flexibility index (Phi) is 23.1. The number of carbonyl (C=O) groups excluding carboxylic acids is 8. The summed E-state index contributed by atoms with van der Waals surface area (Å²) in [5, 5.41) is 41.3. The molecule has 8 amide bonds. The number of aromatic amines is 1. The Balaban J connectivity index is 1.39. The molecule has 23 heteroatoms. The number of hydrogen-bond donors (Lipinski definition) is 15. The molecular formula is C54H71N11O10S2. The number of hydrogen-bond acceptors (Lipinski definition) is 14. The number of amides is 8. The summed E-state index contributed by atoms with van der Waals surface area (Å²) < 4.78 is 0. The third-order valence-electron chi connectivity index (χ3n) is 12.9. The molecule has 0 aliphatic heterocycles. The maximum Gasteiger partial charge on any atom is 0.244 e. The highest BCUT2D eigenvalue weighted by molar-refractivity contribution is 7.80. The summed E-state index contributed by atoms with van der Waals surface area (Å²) in [6.07, 6.45) is 1.12. The summed E-state index contributed by atoms with van der Waals surface area (Å²) in [5.74, 6) is -7.51. The second-order valence-electron chi connectivity index (χ2n) is 19.2. The maximum atomic E-state index is 14.8. The predicted molar refractivity (Wildman–Crippen MR) is 299 cm³/mol. The molecule has 0 aliphatic carbocycles. The summed E-state index contributed by atoms with van der Waals surface area (Å²) >= 11 is 8.54. The number of unbranched alkanes of at least 4 members (excludes halogenated alkanes) is 1. The average molecular weight is 1100 g/mol. The van der Waals surface area contributed by atoms with E-state index in [9.17, 15) is 48.6 Å². The lowest BCUT2D eigenvalue weighted by Crippen LogP contribution is -2.62. The van der Waals surface area contributed by atoms with E-state index >= 15 is 0 Å². The van der Waals surface area contributed by atoms with Gasteiger partial charge in [0.15, 0.2) is 0 Å². The largest absolute Gasteiger partial charge is 0.508 e. The van der Waals surface area contributed by atoms with Crippen LogP contribution in [0.1, 0.15) is 56.7 Å². The lowest BCUT2D eigenvalue weighted by Gasteiger charge is -2.29. The molecule has 5 rings (SSSR count). The minimum atomic E-state index is -1.46. The number of aliphatic hydroxyl groups excluding tert-OH is 1. The van der Waals surface area contributed by atoms with Crippen LogP contribution in [0.25, 0.3) is 21.7 Å². The van der Waals surface area contributed by atoms with Crippen LogP contribution in [0.3, 0.4) is 0 Å². The van der Waals surface area contributed by atoms with Crippen molar-refractivity contribution in [1.29, 1.82) is 0 Å². The third kappa shape index (κ3) is 17.7. The van der Waals surface area contributed by atoms with Gasteiger partial charge in [-0.25, -0.2) is 0 Å². The predicted octanol–water partition coefficient (Wildman–Crippen LogP) is 0.286. The highest BCUT2D eigenvalue weighted by Crippen LogP contribution is 2.21. The molecule has 4 aromatic carbocycles. The highest BCUT2D eigenvalue weighted by Gasteiger charge is 2.36. The normalized spacial score (nSPS) is 14.9. The second-order valence-corrected chi connectivity index (χ2v) is 20.0. The second kappa shape index (κ2) is 29.4. The highest BCUT2D eigenvalue weighted by atomic mass is 32.1. The molecule has 0 bridgehead atoms. The first-order valence-electron chi connectivity index (χ1n) is 25.3. The fraction of sp³-hybridized carbons (Fsp3) is 0.407. The zero-order valence-electron chi connectivity index (χ0n) is 43.2. The van der Waals surface area contributed by atoms with Crippen LogP contribution in [0.15, 0.2) is 97.2 Å². The van der Waals surface area contributed by atoms with E-state index in [1.165, 1.54) is 19.1 Å². The van der Waals surface area contributed by atoms with E-state index in [-0.39, 0.29) is 49.5 Å². The van der Waals surface area contributed by atoms with E-state index < -0.39 is 108 Å². The topological polar surface area (TPSA) is 355 Å². The van der Waals surface area contributed by atoms with Gasteiger partial charge < -0.3 is 69.6 Å². The summed E-state index contributed by atoms with van der Waals surface area (Å²) in [7, 11) is 0. The van der Waals surface area contributed by atoms with Crippen LogP contribution in [0.4, 0.5) is 0 Å². The molecule has 0 fully saturated rings. The van der Waals surface area contributed by atoms with E-state index in [0.717, 1.165) is 27.2 Å². The number of primary amides is 1. The molecule has 0 aliphatic rings. The molecule has 0 saturated carbocycles. The smallest absolute Gasteiger partial charge is 0.244 e. The number of thiol groups is 2. The monoisotopic (exact) mass is 1100 g/mol. The minimum absolute atomic E-state index is 0.0459. The molecular weight excluding hydrogens is 1030 g/mol. The van der Waals surface area contributed by atoms with Crippen molar-refractivity contribution in [3.8, 4) is 5.75 Å². The first-order chi connectivity index (χ1) is 36.7. The Bertz CT molecular complexity index is 2850. The van der Waals surface area contributed by atoms with Gasteiger partial charge in [-0.15, -0.1) is 0 Å². The van der Waals surface area contributed by atoms with E-state index in [1.54, 1.807) is 38.2 Å². The van der Waals surface area contributed by atoms with E-state index in [0.29, 0.717) is 24.0 Å². The van der Waals surface area contributed by atoms with Gasteiger partial charge >= 0.3 is 0 Å². The molecule has 0 unspecified atom stereocenters. The Labute approximate surface area is 457 Å². The van der Waals surface area contributed by atoms with Gasteiger partial charge in [0.2, 0.25) is 47.3 Å². The quantitative estimate of drug-likeness (QED) is 0.0227. The van der Waals surface area contributed by atoms with Crippen molar-refractivity contribution >= 4 is 94.2 Å². The first kappa shape index (κ1) is 60.7. The fourth-order valence-electron chi connectivity index (χ4n) is 8.50. The number of phenolic OH excluding ortho intramolecular Hbond substituents is 1. The van der Waals surface area contributed by atoms with Crippen LogP contribution in [-0.4, -0.2) is 135 Å². The average Bonchev–Trinajstić information content (AvgIpc) is 3.82. The fourth-order valence-corrected chi connectivity index (χ4v) is 9.01. The Morgan fingerprint density at radius 2 is 1.09 bits per heavy atom. The molecule has 0 saturated heterocycles. The number of carbonyl (C=O) groups is 8. The molecule has 1 heterocycles. The number of fused-ring (bicyclic) bond motifs is 2. The van der Waals surface area contributed by atoms with Gasteiger partial charge in [0.05, 0.1) is 12.1 Å². The zero-order valence-corrected chi connectivity index (χ0v) is 45.0. The molecule has 77 heavy (non-hydrogen) atoms. The standard InChI is InChI=1S/C54H71N11O10S2/c1-29(2)45(54(75)63-44(28-77)53(74)65-46(30(3)66)47(57)68)64-49(70)40(14-8-9-21-55)59-51(72)42(25-35-26-58-39-13-7-6-12-37(35)39)61-50(71)41(24-31-16-19-36(67)20-17-31)60-52(73)43(27-76)62-48(69)38(56)23-32-15-18-33-10-4-5-11-34(33)22-32/h4-7,10-13,15-20,22,26,29-30,38,40-46,58,66-67,76-77H,8-9,14,21,23-25,27-28,55-56H2,1-3H3,(H2,57,68)(H,59,72)(H,60,73)(H,61,71)(H,62,69)(H,63,75)(H,64,70)(H,65,74)/t30-,38+,40-,41-,42+,43-,44-,45-,46-/m1/s1. The summed E-state index contributed by atoms with van der Waals surface area (Å²) in [5.41, 5.74) is 20.2. The lowest BCUT2D eigenvalue weighted by atomic mass is 10.00. The van der Waals surface area contributed by atoms with E-state index in [4.69, 9.17) is 17.2 Å². The van der Waals surface area contributed by atoms with Gasteiger partial charge in [-0.3, -0.25) is 38.4 Å². The van der Waals surface area contributed by atoms with Crippen LogP contribution in [0, 0.1) is 5.92 Å². The van der Waals surface area contributed by atoms with Gasteiger partial charge in [0.25, 0.3) is 0 Å². The Morgan fingerprint density at radius 1 is 0.571 bits per heavy atom. The van der Waals surface area contributed by atoms with Gasteiger partial charge in [0.1, 0.15) is 48.0 Å². The van der Waals surface area contributed by atoms with Crippen LogP contribution in [-0.2, 0) is 57.6 Å². The number of nitrogens with two attached hydrogens (primary N) is 3. The molecule has 414 valence electrons. The third-order valence-corrected chi connectivity index (χ3v) is 13.6. The van der Waals surface area contributed by atoms with Crippen molar-refractivity contribution in [2.45, 2.75) is 114 Å². The van der Waals surface area contributed by atoms with Crippen molar-refractivity contribution in [2.75, 3.05) is 18.1 Å². The van der Waals surface area contributed by atoms with Crippen molar-refractivity contribution in [3.05, 3.63) is 114 Å². The van der Waals surface area contributed by atoms with Crippen molar-refractivity contribution < 1.29 is 48.6 Å². The number of para-hydroxylation sites is 1. The SMILES string of the molecule is CC(C)[C@@H](NC(=O)[C@@H](CCCCN)NC(=O)[C@H](Cc1c[nH]c2ccccc12)NC(=O)[C@@H](Cc1ccc(O)cc1)NC(=O)[C@@H](CS)NC(=O)[C@@H](N)Cc1ccc2ccccc2c1)C(=O)N[C@H](CS)C(=O)N[C@@H](C(N)=O)[C@@H](C)O. The number of nitrogens with one attached hydrogen (secondary N) is 8. The molecule has 1 aromatic heterocycles. The summed E-state index contributed by atoms with van der Waals surface area (Å²) in [6.45, 7) is 4.81. The lowest BCUT2D eigenvalue weighted by molar-refractivity contribution is -0.136. The van der Waals surface area contributed by atoms with Gasteiger partial charge in [-0.05, 0) is 90.7 Å². The minimum Gasteiger partial charge on any atom is -0.508 e. The van der Waals surface area contributed by atoms with Crippen LogP contribution < -0.4 is 54.4 Å². The van der Waals surface area contributed by atoms with Gasteiger partial charge in [-0.1, -0.05) is 86.6 Å². The number of benzene rings is 4. The van der Waals surface area contributed by atoms with Crippen molar-refractivity contribution in [3.63, 3.8) is 0 Å². The number of aromatic hydroxyl groups is 1. The molecule has 0 spiro atoms. The Morgan fingerprint density at radius 3 is 1.70 bits per heavy atom. The van der Waals surface area contributed by atoms with Crippen molar-refractivity contribution in [1.82, 2.24) is 42.2 Å². The zero-order chi connectivity index (χ0) is 56.3. The number of aliphatic hydroxyl groups is 1.